The Morgan fingerprint density at radius 1 is 1.13 bits per heavy atom. The summed E-state index contributed by atoms with van der Waals surface area (Å²) in [5.41, 5.74) is 4.64. The summed E-state index contributed by atoms with van der Waals surface area (Å²) in [4.78, 5) is 25.4. The number of alkyl halides is 1. The Morgan fingerprint density at radius 2 is 1.82 bits per heavy atom. The van der Waals surface area contributed by atoms with Gasteiger partial charge < -0.3 is 45.6 Å². The lowest BCUT2D eigenvalue weighted by Gasteiger charge is -2.39. The van der Waals surface area contributed by atoms with Gasteiger partial charge in [-0.1, -0.05) is 21.6 Å². The average molecular weight is 640 g/mol. The van der Waals surface area contributed by atoms with Gasteiger partial charge in [0, 0.05) is 17.7 Å². The summed E-state index contributed by atoms with van der Waals surface area (Å²) >= 11 is 0.854. The van der Waals surface area contributed by atoms with Crippen LogP contribution in [0.3, 0.4) is 0 Å². The van der Waals surface area contributed by atoms with E-state index >= 15 is 0 Å². The minimum atomic E-state index is -4.51. The summed E-state index contributed by atoms with van der Waals surface area (Å²) in [6.07, 6.45) is -8.96. The van der Waals surface area contributed by atoms with Gasteiger partial charge in [-0.05, 0) is 6.07 Å². The molecule has 20 heteroatoms. The standard InChI is InChI=1S/C19H31FN3O12PS3/c20-12-14(26)10(39-17(12)23-2-1-11(21)22-19(23)29)8-34-36(30,31)33-4-6-38-37-5-3-32-18-16(28)15(27)13(25)9(7-24)35-18/h1-2,9-10,12-18,24-28H,3-8H2,(H,30,31)(H2,21,22,29)/t9?,10-,12+,13-,14-,15?,16?,17-,18-/m1/s1. The molecule has 0 bridgehead atoms. The molecule has 0 aliphatic carbocycles. The molecule has 39 heavy (non-hydrogen) atoms. The Hall–Kier alpha value is -0.510. The molecule has 224 valence electrons. The first-order chi connectivity index (χ1) is 18.4. The number of phosphoric acid groups is 1. The Morgan fingerprint density at radius 3 is 2.49 bits per heavy atom. The quantitative estimate of drug-likeness (QED) is 0.0694. The normalized spacial score (nSPS) is 34.7. The summed E-state index contributed by atoms with van der Waals surface area (Å²) in [6.45, 7) is -1.14. The van der Waals surface area contributed by atoms with Crippen LogP contribution in [0, 0.1) is 0 Å². The summed E-state index contributed by atoms with van der Waals surface area (Å²) in [5, 5.41) is 46.7. The zero-order chi connectivity index (χ0) is 28.7. The van der Waals surface area contributed by atoms with Crippen LogP contribution in [-0.4, -0.2) is 126 Å². The fourth-order valence-electron chi connectivity index (χ4n) is 3.60. The van der Waals surface area contributed by atoms with E-state index in [2.05, 4.69) is 4.98 Å². The predicted octanol–water partition coefficient (Wildman–Crippen LogP) is -1.53. The van der Waals surface area contributed by atoms with Crippen molar-refractivity contribution in [2.45, 2.75) is 53.6 Å². The molecule has 15 nitrogen and oxygen atoms in total. The number of hydrogen-bond acceptors (Lipinski definition) is 16. The molecule has 8 N–H and O–H groups in total. The number of nitrogens with two attached hydrogens (primary N) is 1. The van der Waals surface area contributed by atoms with Crippen molar-refractivity contribution >= 4 is 47.0 Å². The van der Waals surface area contributed by atoms with Gasteiger partial charge in [-0.15, -0.1) is 11.8 Å². The molecule has 0 spiro atoms. The largest absolute Gasteiger partial charge is 0.472 e. The van der Waals surface area contributed by atoms with Crippen LogP contribution in [0.5, 0.6) is 0 Å². The van der Waals surface area contributed by atoms with E-state index < -0.39 is 80.3 Å². The van der Waals surface area contributed by atoms with E-state index in [9.17, 15) is 44.2 Å². The number of aromatic nitrogens is 2. The summed E-state index contributed by atoms with van der Waals surface area (Å²) in [5.74, 6) is 0.648. The fraction of sp³-hybridized carbons (Fsp3) is 0.789. The summed E-state index contributed by atoms with van der Waals surface area (Å²) < 4.78 is 48.1. The number of nitrogen functional groups attached to an aromatic ring is 1. The Balaban J connectivity index is 1.30. The Bertz CT molecular complexity index is 1030. The molecular formula is C19H31FN3O12PS3. The smallest absolute Gasteiger partial charge is 0.394 e. The van der Waals surface area contributed by atoms with E-state index in [-0.39, 0.29) is 24.8 Å². The third-order valence-electron chi connectivity index (χ3n) is 5.62. The average Bonchev–Trinajstić information content (AvgIpc) is 3.17. The van der Waals surface area contributed by atoms with E-state index in [1.165, 1.54) is 33.9 Å². The van der Waals surface area contributed by atoms with Gasteiger partial charge in [0.15, 0.2) is 12.5 Å². The molecular weight excluding hydrogens is 608 g/mol. The number of hydrogen-bond donors (Lipinski definition) is 7. The van der Waals surface area contributed by atoms with Crippen molar-refractivity contribution in [2.24, 2.45) is 0 Å². The number of ether oxygens (including phenoxy) is 2. The molecule has 0 saturated carbocycles. The molecule has 4 unspecified atom stereocenters. The van der Waals surface area contributed by atoms with E-state index in [1.54, 1.807) is 0 Å². The van der Waals surface area contributed by atoms with Crippen LogP contribution < -0.4 is 11.4 Å². The van der Waals surface area contributed by atoms with Crippen LogP contribution in [0.25, 0.3) is 0 Å². The maximum atomic E-state index is 14.6. The Kier molecular flexibility index (Phi) is 12.8. The third-order valence-corrected chi connectivity index (χ3v) is 10.5. The van der Waals surface area contributed by atoms with Crippen molar-refractivity contribution in [3.63, 3.8) is 0 Å². The lowest BCUT2D eigenvalue weighted by atomic mass is 9.99. The summed E-state index contributed by atoms with van der Waals surface area (Å²) in [7, 11) is -1.91. The van der Waals surface area contributed by atoms with E-state index in [0.717, 1.165) is 16.3 Å². The van der Waals surface area contributed by atoms with Gasteiger partial charge in [-0.25, -0.2) is 13.8 Å². The van der Waals surface area contributed by atoms with Gasteiger partial charge in [-0.2, -0.15) is 4.98 Å². The second kappa shape index (κ2) is 15.1. The van der Waals surface area contributed by atoms with Crippen molar-refractivity contribution in [3.05, 3.63) is 22.7 Å². The highest BCUT2D eigenvalue weighted by atomic mass is 33.1. The lowest BCUT2D eigenvalue weighted by Crippen LogP contribution is -2.59. The van der Waals surface area contributed by atoms with Crippen molar-refractivity contribution in [1.29, 1.82) is 0 Å². The van der Waals surface area contributed by atoms with Crippen LogP contribution in [-0.2, 0) is 23.1 Å². The van der Waals surface area contributed by atoms with Gasteiger partial charge in [0.05, 0.1) is 31.7 Å². The highest BCUT2D eigenvalue weighted by molar-refractivity contribution is 8.76. The fourth-order valence-corrected chi connectivity index (χ4v) is 7.65. The van der Waals surface area contributed by atoms with Gasteiger partial charge in [-0.3, -0.25) is 13.6 Å². The van der Waals surface area contributed by atoms with Crippen molar-refractivity contribution in [2.75, 3.05) is 43.7 Å². The van der Waals surface area contributed by atoms with Crippen molar-refractivity contribution in [3.8, 4) is 0 Å². The molecule has 0 radical (unpaired) electrons. The zero-order valence-electron chi connectivity index (χ0n) is 20.2. The maximum absolute atomic E-state index is 14.6. The molecule has 0 aromatic carbocycles. The topological polar surface area (TPSA) is 236 Å². The van der Waals surface area contributed by atoms with Crippen LogP contribution in [0.2, 0.25) is 0 Å². The molecule has 2 aliphatic rings. The second-order valence-corrected chi connectivity index (χ2v) is 13.9. The number of anilines is 1. The van der Waals surface area contributed by atoms with Gasteiger partial charge in [0.25, 0.3) is 0 Å². The first-order valence-corrected chi connectivity index (χ1v) is 16.5. The molecule has 2 fully saturated rings. The number of thioether (sulfide) groups is 1. The first kappa shape index (κ1) is 33.0. The number of rotatable bonds is 14. The SMILES string of the molecule is Nc1ccn([C@@H]2S[C@H](COP(=O)(O)OCCSSCCO[C@@H]3OC(CO)[C@@H](O)C(O)C3O)[C@@H](O)[C@@H]2F)c(=O)n1. The highest BCUT2D eigenvalue weighted by Crippen LogP contribution is 2.48. The van der Waals surface area contributed by atoms with E-state index in [4.69, 9.17) is 24.3 Å². The minimum absolute atomic E-state index is 0.0357. The molecule has 10 atom stereocenters. The van der Waals surface area contributed by atoms with Crippen molar-refractivity contribution in [1.82, 2.24) is 9.55 Å². The van der Waals surface area contributed by atoms with E-state index in [0.29, 0.717) is 5.75 Å². The molecule has 1 aromatic rings. The Labute approximate surface area is 234 Å². The molecule has 1 aromatic heterocycles. The molecule has 3 rings (SSSR count). The number of halogens is 1. The van der Waals surface area contributed by atoms with Gasteiger partial charge in [0.2, 0.25) is 0 Å². The highest BCUT2D eigenvalue weighted by Gasteiger charge is 2.46. The van der Waals surface area contributed by atoms with Gasteiger partial charge in [0.1, 0.15) is 41.7 Å². The van der Waals surface area contributed by atoms with Gasteiger partial charge >= 0.3 is 13.5 Å². The van der Waals surface area contributed by atoms with E-state index in [1.807, 2.05) is 0 Å². The minimum Gasteiger partial charge on any atom is -0.394 e. The molecule has 0 amide bonds. The van der Waals surface area contributed by atoms with Crippen molar-refractivity contribution < 1.29 is 57.9 Å². The molecule has 2 aliphatic heterocycles. The predicted molar refractivity (Wildman–Crippen MR) is 141 cm³/mol. The van der Waals surface area contributed by atoms with Crippen LogP contribution >= 0.6 is 41.2 Å². The summed E-state index contributed by atoms with van der Waals surface area (Å²) in [6, 6.07) is 1.31. The number of phosphoric ester groups is 1. The van der Waals surface area contributed by atoms with Crippen LogP contribution in [0.4, 0.5) is 10.2 Å². The number of aliphatic hydroxyl groups excluding tert-OH is 5. The number of aliphatic hydroxyl groups is 5. The second-order valence-electron chi connectivity index (χ2n) is 8.35. The molecule has 3 heterocycles. The van der Waals surface area contributed by atoms with Crippen LogP contribution in [0.15, 0.2) is 17.1 Å². The monoisotopic (exact) mass is 639 g/mol. The molecule has 2 saturated heterocycles. The number of nitrogens with zero attached hydrogens (tertiary/aromatic N) is 2. The maximum Gasteiger partial charge on any atom is 0.472 e. The lowest BCUT2D eigenvalue weighted by molar-refractivity contribution is -0.299. The van der Waals surface area contributed by atoms with Crippen LogP contribution in [0.1, 0.15) is 5.37 Å². The zero-order valence-corrected chi connectivity index (χ0v) is 23.6. The third kappa shape index (κ3) is 8.99. The first-order valence-electron chi connectivity index (χ1n) is 11.6.